The Balaban J connectivity index is 2.98. The van der Waals surface area contributed by atoms with Crippen molar-refractivity contribution in [1.82, 2.24) is 0 Å². The zero-order valence-electron chi connectivity index (χ0n) is 9.05. The van der Waals surface area contributed by atoms with Crippen LogP contribution in [0, 0.1) is 10.1 Å². The minimum absolute atomic E-state index is 0.0685. The van der Waals surface area contributed by atoms with Crippen LogP contribution in [0.1, 0.15) is 17.3 Å². The molecule has 1 aromatic rings. The maximum Gasteiger partial charge on any atom is 0.345 e. The van der Waals surface area contributed by atoms with E-state index in [1.165, 1.54) is 18.2 Å². The molecule has 0 atom stereocenters. The number of rotatable bonds is 4. The van der Waals surface area contributed by atoms with Crippen LogP contribution in [-0.2, 0) is 4.74 Å². The second-order valence-corrected chi connectivity index (χ2v) is 3.52. The normalized spacial score (nSPS) is 10.5. The molecule has 0 amide bonds. The molecule has 1 rings (SSSR count). The summed E-state index contributed by atoms with van der Waals surface area (Å²) in [5.74, 6) is -0.766. The minimum Gasteiger partial charge on any atom is -0.458 e. The largest absolute Gasteiger partial charge is 0.458 e. The van der Waals surface area contributed by atoms with E-state index in [1.807, 2.05) is 0 Å². The van der Waals surface area contributed by atoms with Crippen LogP contribution >= 0.6 is 11.6 Å². The average molecular weight is 256 g/mol. The number of hydrogen-bond donors (Lipinski definition) is 0. The Kier molecular flexibility index (Phi) is 4.66. The van der Waals surface area contributed by atoms with Gasteiger partial charge in [-0.1, -0.05) is 23.8 Å². The van der Waals surface area contributed by atoms with Crippen LogP contribution in [0.25, 0.3) is 0 Å². The second kappa shape index (κ2) is 6.00. The second-order valence-electron chi connectivity index (χ2n) is 3.09. The van der Waals surface area contributed by atoms with Crippen molar-refractivity contribution in [2.45, 2.75) is 6.92 Å². The lowest BCUT2D eigenvalue weighted by molar-refractivity contribution is -0.385. The molecule has 0 unspecified atom stereocenters. The third-order valence-electron chi connectivity index (χ3n) is 1.92. The smallest absolute Gasteiger partial charge is 0.345 e. The highest BCUT2D eigenvalue weighted by atomic mass is 35.5. The van der Waals surface area contributed by atoms with Gasteiger partial charge in [0.25, 0.3) is 5.69 Å². The van der Waals surface area contributed by atoms with Crippen LogP contribution < -0.4 is 0 Å². The number of nitrogens with zero attached hydrogens (tertiary/aromatic N) is 1. The van der Waals surface area contributed by atoms with Crippen molar-refractivity contribution < 1.29 is 14.5 Å². The average Bonchev–Trinajstić information content (AvgIpc) is 2.28. The van der Waals surface area contributed by atoms with Crippen LogP contribution in [0.2, 0.25) is 5.02 Å². The highest BCUT2D eigenvalue weighted by Crippen LogP contribution is 2.23. The maximum atomic E-state index is 11.6. The van der Waals surface area contributed by atoms with Gasteiger partial charge in [-0.2, -0.15) is 0 Å². The summed E-state index contributed by atoms with van der Waals surface area (Å²) in [5.41, 5.74) is -0.466. The van der Waals surface area contributed by atoms with E-state index in [1.54, 1.807) is 19.1 Å². The third-order valence-corrected chi connectivity index (χ3v) is 2.16. The van der Waals surface area contributed by atoms with E-state index in [0.717, 1.165) is 0 Å². The first-order chi connectivity index (χ1) is 8.06. The predicted molar refractivity (Wildman–Crippen MR) is 63.2 cm³/mol. The Morgan fingerprint density at radius 2 is 2.29 bits per heavy atom. The molecule has 0 N–H and O–H groups in total. The Labute approximate surface area is 103 Å². The van der Waals surface area contributed by atoms with Crippen molar-refractivity contribution in [2.24, 2.45) is 0 Å². The van der Waals surface area contributed by atoms with E-state index in [2.05, 4.69) is 0 Å². The molecule has 0 spiro atoms. The molecule has 0 heterocycles. The van der Waals surface area contributed by atoms with Gasteiger partial charge in [-0.15, -0.1) is 0 Å². The molecule has 0 aliphatic carbocycles. The van der Waals surface area contributed by atoms with Crippen molar-refractivity contribution in [3.8, 4) is 0 Å². The summed E-state index contributed by atoms with van der Waals surface area (Å²) in [4.78, 5) is 21.6. The summed E-state index contributed by atoms with van der Waals surface area (Å²) in [7, 11) is 0. The number of hydrogen-bond acceptors (Lipinski definition) is 4. The lowest BCUT2D eigenvalue weighted by atomic mass is 10.2. The monoisotopic (exact) mass is 255 g/mol. The molecule has 1 aromatic carbocycles. The van der Waals surface area contributed by atoms with Gasteiger partial charge in [-0.25, -0.2) is 4.79 Å². The summed E-state index contributed by atoms with van der Waals surface area (Å²) in [6.45, 7) is 1.84. The first kappa shape index (κ1) is 13.2. The van der Waals surface area contributed by atoms with Crippen LogP contribution in [0.15, 0.2) is 30.4 Å². The number of benzene rings is 1. The van der Waals surface area contributed by atoms with Gasteiger partial charge in [0.05, 0.1) is 4.92 Å². The fraction of sp³-hybridized carbons (Fsp3) is 0.182. The molecular weight excluding hydrogens is 246 g/mol. The molecule has 0 saturated carbocycles. The van der Waals surface area contributed by atoms with Gasteiger partial charge < -0.3 is 4.74 Å². The maximum absolute atomic E-state index is 11.6. The Hall–Kier alpha value is -1.88. The van der Waals surface area contributed by atoms with Gasteiger partial charge in [0, 0.05) is 11.1 Å². The van der Waals surface area contributed by atoms with Crippen molar-refractivity contribution in [2.75, 3.05) is 6.61 Å². The van der Waals surface area contributed by atoms with Gasteiger partial charge in [0.15, 0.2) is 0 Å². The van der Waals surface area contributed by atoms with Crippen molar-refractivity contribution in [3.05, 3.63) is 51.1 Å². The molecular formula is C11H10ClNO4. The van der Waals surface area contributed by atoms with Gasteiger partial charge in [0.2, 0.25) is 0 Å². The summed E-state index contributed by atoms with van der Waals surface area (Å²) in [6.07, 6.45) is 3.33. The lowest BCUT2D eigenvalue weighted by Crippen LogP contribution is -2.08. The van der Waals surface area contributed by atoms with Crippen molar-refractivity contribution >= 4 is 23.3 Å². The quantitative estimate of drug-likeness (QED) is 0.359. The van der Waals surface area contributed by atoms with Crippen LogP contribution in [0.5, 0.6) is 0 Å². The number of esters is 1. The minimum atomic E-state index is -0.766. The fourth-order valence-electron chi connectivity index (χ4n) is 1.13. The molecule has 17 heavy (non-hydrogen) atoms. The first-order valence-corrected chi connectivity index (χ1v) is 5.16. The van der Waals surface area contributed by atoms with Gasteiger partial charge in [0.1, 0.15) is 12.2 Å². The number of nitro benzene ring substituents is 1. The zero-order valence-corrected chi connectivity index (χ0v) is 9.81. The topological polar surface area (TPSA) is 69.4 Å². The van der Waals surface area contributed by atoms with E-state index >= 15 is 0 Å². The molecule has 0 aliphatic heterocycles. The molecule has 5 nitrogen and oxygen atoms in total. The van der Waals surface area contributed by atoms with Crippen LogP contribution in [-0.4, -0.2) is 17.5 Å². The standard InChI is InChI=1S/C11H10ClNO4/c1-2-3-6-17-11(14)9-7-8(12)4-5-10(9)13(15)16/h2-5,7H,6H2,1H3/b3-2+. The molecule has 90 valence electrons. The Morgan fingerprint density at radius 3 is 2.88 bits per heavy atom. The molecule has 0 radical (unpaired) electrons. The van der Waals surface area contributed by atoms with E-state index in [0.29, 0.717) is 0 Å². The van der Waals surface area contributed by atoms with E-state index in [4.69, 9.17) is 16.3 Å². The van der Waals surface area contributed by atoms with Crippen molar-refractivity contribution in [3.63, 3.8) is 0 Å². The number of halogens is 1. The highest BCUT2D eigenvalue weighted by Gasteiger charge is 2.21. The zero-order chi connectivity index (χ0) is 12.8. The molecule has 0 saturated heterocycles. The number of ether oxygens (including phenoxy) is 1. The first-order valence-electron chi connectivity index (χ1n) is 4.78. The van der Waals surface area contributed by atoms with Gasteiger partial charge in [-0.3, -0.25) is 10.1 Å². The number of carbonyl (C=O) groups is 1. The molecule has 0 fully saturated rings. The van der Waals surface area contributed by atoms with Gasteiger partial charge >= 0.3 is 5.97 Å². The summed E-state index contributed by atoms with van der Waals surface area (Å²) in [5, 5.41) is 11.0. The summed E-state index contributed by atoms with van der Waals surface area (Å²) < 4.78 is 4.83. The molecule has 0 aliphatic rings. The number of nitro groups is 1. The summed E-state index contributed by atoms with van der Waals surface area (Å²) in [6, 6.07) is 3.74. The highest BCUT2D eigenvalue weighted by molar-refractivity contribution is 6.31. The number of allylic oxidation sites excluding steroid dienone is 1. The van der Waals surface area contributed by atoms with E-state index < -0.39 is 10.9 Å². The Morgan fingerprint density at radius 1 is 1.59 bits per heavy atom. The van der Waals surface area contributed by atoms with Crippen LogP contribution in [0.4, 0.5) is 5.69 Å². The van der Waals surface area contributed by atoms with Gasteiger partial charge in [-0.05, 0) is 19.1 Å². The summed E-state index contributed by atoms with van der Waals surface area (Å²) >= 11 is 5.68. The number of carbonyl (C=O) groups excluding carboxylic acids is 1. The third kappa shape index (κ3) is 3.57. The van der Waals surface area contributed by atoms with Crippen LogP contribution in [0.3, 0.4) is 0 Å². The fourth-order valence-corrected chi connectivity index (χ4v) is 1.30. The van der Waals surface area contributed by atoms with Crippen molar-refractivity contribution in [1.29, 1.82) is 0 Å². The molecule has 6 heteroatoms. The SMILES string of the molecule is C/C=C/COC(=O)c1cc(Cl)ccc1[N+](=O)[O-]. The lowest BCUT2D eigenvalue weighted by Gasteiger charge is -2.03. The van der Waals surface area contributed by atoms with E-state index in [9.17, 15) is 14.9 Å². The molecule has 0 aromatic heterocycles. The Bertz CT molecular complexity index is 471. The van der Waals surface area contributed by atoms with E-state index in [-0.39, 0.29) is 22.9 Å². The predicted octanol–water partition coefficient (Wildman–Crippen LogP) is 2.98. The molecule has 0 bridgehead atoms.